The summed E-state index contributed by atoms with van der Waals surface area (Å²) in [6, 6.07) is 13.3. The maximum absolute atomic E-state index is 3.56. The third-order valence-electron chi connectivity index (χ3n) is 3.51. The zero-order valence-electron chi connectivity index (χ0n) is 9.87. The molecule has 0 unspecified atom stereocenters. The van der Waals surface area contributed by atoms with E-state index in [1.807, 2.05) is 12.4 Å². The Morgan fingerprint density at radius 2 is 0.895 bits per heavy atom. The standard InChI is InChI=1S/C16H9Br2N/c17-15-5-11-1-9-3-13-7-19-8-14(13)4-10(9)2-12(11)6-16(15)18/h1-8,19H. The van der Waals surface area contributed by atoms with Gasteiger partial charge in [0.2, 0.25) is 0 Å². The van der Waals surface area contributed by atoms with Crippen molar-refractivity contribution in [3.63, 3.8) is 0 Å². The molecule has 1 N–H and O–H groups in total. The van der Waals surface area contributed by atoms with E-state index >= 15 is 0 Å². The van der Waals surface area contributed by atoms with Gasteiger partial charge in [-0.25, -0.2) is 0 Å². The molecule has 92 valence electrons. The summed E-state index contributed by atoms with van der Waals surface area (Å²) in [4.78, 5) is 3.16. The van der Waals surface area contributed by atoms with Gasteiger partial charge < -0.3 is 4.98 Å². The second-order valence-corrected chi connectivity index (χ2v) is 6.46. The van der Waals surface area contributed by atoms with Crippen LogP contribution in [0.4, 0.5) is 0 Å². The third-order valence-corrected chi connectivity index (χ3v) is 5.36. The molecular weight excluding hydrogens is 366 g/mol. The second-order valence-electron chi connectivity index (χ2n) is 4.75. The van der Waals surface area contributed by atoms with Crippen LogP contribution in [0.2, 0.25) is 0 Å². The SMILES string of the molecule is Brc1cc2cc3cc4c[nH]cc4cc3cc2cc1Br. The number of halogens is 2. The molecule has 0 radical (unpaired) electrons. The Morgan fingerprint density at radius 1 is 0.526 bits per heavy atom. The maximum atomic E-state index is 3.56. The van der Waals surface area contributed by atoms with Crippen molar-refractivity contribution in [1.29, 1.82) is 0 Å². The van der Waals surface area contributed by atoms with E-state index in [4.69, 9.17) is 0 Å². The molecule has 3 heteroatoms. The first kappa shape index (κ1) is 11.5. The molecule has 0 amide bonds. The van der Waals surface area contributed by atoms with E-state index in [1.165, 1.54) is 32.3 Å². The quantitative estimate of drug-likeness (QED) is 0.363. The van der Waals surface area contributed by atoms with Crippen molar-refractivity contribution in [3.8, 4) is 0 Å². The highest BCUT2D eigenvalue weighted by molar-refractivity contribution is 9.13. The Kier molecular flexibility index (Phi) is 2.47. The van der Waals surface area contributed by atoms with Crippen molar-refractivity contribution in [2.45, 2.75) is 0 Å². The predicted octanol–water partition coefficient (Wildman–Crippen LogP) is 6.00. The lowest BCUT2D eigenvalue weighted by Gasteiger charge is -2.05. The molecule has 4 aromatic rings. The third kappa shape index (κ3) is 1.80. The average molecular weight is 375 g/mol. The molecule has 0 bridgehead atoms. The van der Waals surface area contributed by atoms with Crippen LogP contribution in [0.1, 0.15) is 0 Å². The number of fused-ring (bicyclic) bond motifs is 3. The van der Waals surface area contributed by atoms with Crippen molar-refractivity contribution in [2.75, 3.05) is 0 Å². The lowest BCUT2D eigenvalue weighted by Crippen LogP contribution is -1.78. The van der Waals surface area contributed by atoms with Gasteiger partial charge in [-0.05, 0) is 101 Å². The summed E-state index contributed by atoms with van der Waals surface area (Å²) in [5.41, 5.74) is 0. The second kappa shape index (κ2) is 4.09. The Balaban J connectivity index is 2.17. The summed E-state index contributed by atoms with van der Waals surface area (Å²) < 4.78 is 2.17. The first-order valence-corrected chi connectivity index (χ1v) is 7.58. The van der Waals surface area contributed by atoms with Gasteiger partial charge in [-0.1, -0.05) is 0 Å². The summed E-state index contributed by atoms with van der Waals surface area (Å²) in [5, 5.41) is 7.55. The lowest BCUT2D eigenvalue weighted by atomic mass is 10.0. The Hall–Kier alpha value is -1.32. The number of H-pyrrole nitrogens is 1. The molecule has 3 aromatic carbocycles. The van der Waals surface area contributed by atoms with Crippen LogP contribution in [-0.2, 0) is 0 Å². The minimum atomic E-state index is 1.09. The Bertz CT molecular complexity index is 863. The summed E-state index contributed by atoms with van der Waals surface area (Å²) in [7, 11) is 0. The number of benzene rings is 3. The van der Waals surface area contributed by atoms with Gasteiger partial charge in [0, 0.05) is 21.3 Å². The van der Waals surface area contributed by atoms with Crippen LogP contribution in [0.15, 0.2) is 57.7 Å². The Labute approximate surface area is 126 Å². The summed E-state index contributed by atoms with van der Waals surface area (Å²) in [5.74, 6) is 0. The predicted molar refractivity (Wildman–Crippen MR) is 88.7 cm³/mol. The average Bonchev–Trinajstić information content (AvgIpc) is 2.82. The highest BCUT2D eigenvalue weighted by Crippen LogP contribution is 2.32. The van der Waals surface area contributed by atoms with E-state index < -0.39 is 0 Å². The number of nitrogens with one attached hydrogen (secondary N) is 1. The summed E-state index contributed by atoms with van der Waals surface area (Å²) in [6.45, 7) is 0. The van der Waals surface area contributed by atoms with Crippen LogP contribution < -0.4 is 0 Å². The maximum Gasteiger partial charge on any atom is 0.0323 e. The van der Waals surface area contributed by atoms with Crippen molar-refractivity contribution in [3.05, 3.63) is 57.7 Å². The van der Waals surface area contributed by atoms with E-state index in [2.05, 4.69) is 73.2 Å². The smallest absolute Gasteiger partial charge is 0.0323 e. The lowest BCUT2D eigenvalue weighted by molar-refractivity contribution is 1.43. The van der Waals surface area contributed by atoms with E-state index in [0.717, 1.165) is 8.95 Å². The fourth-order valence-electron chi connectivity index (χ4n) is 2.55. The van der Waals surface area contributed by atoms with Crippen molar-refractivity contribution in [1.82, 2.24) is 4.98 Å². The number of aromatic nitrogens is 1. The van der Waals surface area contributed by atoms with Crippen LogP contribution in [0.3, 0.4) is 0 Å². The fraction of sp³-hybridized carbons (Fsp3) is 0. The van der Waals surface area contributed by atoms with Crippen LogP contribution in [0.5, 0.6) is 0 Å². The molecule has 0 saturated heterocycles. The molecule has 0 aliphatic heterocycles. The topological polar surface area (TPSA) is 15.8 Å². The van der Waals surface area contributed by atoms with Gasteiger partial charge in [0.15, 0.2) is 0 Å². The molecule has 0 aliphatic carbocycles. The number of hydrogen-bond donors (Lipinski definition) is 1. The fourth-order valence-corrected chi connectivity index (χ4v) is 3.27. The minimum absolute atomic E-state index is 1.09. The highest BCUT2D eigenvalue weighted by atomic mass is 79.9. The van der Waals surface area contributed by atoms with Gasteiger partial charge in [-0.3, -0.25) is 0 Å². The normalized spacial score (nSPS) is 11.7. The van der Waals surface area contributed by atoms with Crippen LogP contribution in [-0.4, -0.2) is 4.98 Å². The molecule has 0 spiro atoms. The minimum Gasteiger partial charge on any atom is -0.366 e. The molecule has 0 atom stereocenters. The number of aromatic amines is 1. The van der Waals surface area contributed by atoms with Crippen LogP contribution in [0.25, 0.3) is 32.3 Å². The van der Waals surface area contributed by atoms with Gasteiger partial charge in [0.25, 0.3) is 0 Å². The van der Waals surface area contributed by atoms with E-state index in [1.54, 1.807) is 0 Å². The molecule has 19 heavy (non-hydrogen) atoms. The van der Waals surface area contributed by atoms with Gasteiger partial charge >= 0.3 is 0 Å². The molecule has 1 aromatic heterocycles. The zero-order chi connectivity index (χ0) is 13.0. The highest BCUT2D eigenvalue weighted by Gasteiger charge is 2.04. The van der Waals surface area contributed by atoms with Gasteiger partial charge in [-0.15, -0.1) is 0 Å². The first-order chi connectivity index (χ1) is 9.20. The summed E-state index contributed by atoms with van der Waals surface area (Å²) in [6.07, 6.45) is 4.08. The molecule has 0 saturated carbocycles. The molecule has 1 heterocycles. The molecule has 0 fully saturated rings. The van der Waals surface area contributed by atoms with E-state index in [0.29, 0.717) is 0 Å². The zero-order valence-corrected chi connectivity index (χ0v) is 13.0. The number of rotatable bonds is 0. The van der Waals surface area contributed by atoms with Gasteiger partial charge in [-0.2, -0.15) is 0 Å². The molecular formula is C16H9Br2N. The van der Waals surface area contributed by atoms with Crippen molar-refractivity contribution < 1.29 is 0 Å². The molecule has 4 rings (SSSR count). The van der Waals surface area contributed by atoms with Crippen LogP contribution >= 0.6 is 31.9 Å². The largest absolute Gasteiger partial charge is 0.366 e. The number of hydrogen-bond acceptors (Lipinski definition) is 0. The van der Waals surface area contributed by atoms with Gasteiger partial charge in [0.05, 0.1) is 0 Å². The molecule has 0 aliphatic rings. The van der Waals surface area contributed by atoms with Crippen LogP contribution in [0, 0.1) is 0 Å². The first-order valence-electron chi connectivity index (χ1n) is 6.00. The molecule has 1 nitrogen and oxygen atoms in total. The van der Waals surface area contributed by atoms with E-state index in [-0.39, 0.29) is 0 Å². The monoisotopic (exact) mass is 373 g/mol. The Morgan fingerprint density at radius 3 is 1.37 bits per heavy atom. The van der Waals surface area contributed by atoms with Crippen molar-refractivity contribution in [2.24, 2.45) is 0 Å². The summed E-state index contributed by atoms with van der Waals surface area (Å²) >= 11 is 7.12. The van der Waals surface area contributed by atoms with Crippen molar-refractivity contribution >= 4 is 64.2 Å². The van der Waals surface area contributed by atoms with E-state index in [9.17, 15) is 0 Å². The van der Waals surface area contributed by atoms with Gasteiger partial charge in [0.1, 0.15) is 0 Å².